The van der Waals surface area contributed by atoms with Gasteiger partial charge in [-0.05, 0) is 40.5 Å². The molecule has 7 heteroatoms. The summed E-state index contributed by atoms with van der Waals surface area (Å²) in [5.74, 6) is 0.651. The highest BCUT2D eigenvalue weighted by Gasteiger charge is 2.35. The zero-order chi connectivity index (χ0) is 17.3. The van der Waals surface area contributed by atoms with Crippen LogP contribution >= 0.6 is 0 Å². The number of aryl methyl sites for hydroxylation is 1. The predicted molar refractivity (Wildman–Crippen MR) is 87.2 cm³/mol. The van der Waals surface area contributed by atoms with Gasteiger partial charge < -0.3 is 9.26 Å². The maximum Gasteiger partial charge on any atom is 0.410 e. The molecule has 1 saturated heterocycles. The van der Waals surface area contributed by atoms with E-state index >= 15 is 0 Å². The van der Waals surface area contributed by atoms with Crippen LogP contribution in [0.5, 0.6) is 0 Å². The molecule has 0 bridgehead atoms. The lowest BCUT2D eigenvalue weighted by atomic mass is 10.1. The van der Waals surface area contributed by atoms with Gasteiger partial charge in [-0.25, -0.2) is 4.79 Å². The first-order valence-electron chi connectivity index (χ1n) is 8.09. The fourth-order valence-corrected chi connectivity index (χ4v) is 2.82. The van der Waals surface area contributed by atoms with Gasteiger partial charge in [0.1, 0.15) is 17.0 Å². The molecular weight excluding hydrogens is 308 g/mol. The Labute approximate surface area is 141 Å². The maximum atomic E-state index is 12.4. The molecule has 0 saturated carbocycles. The first-order valence-corrected chi connectivity index (χ1v) is 8.09. The van der Waals surface area contributed by atoms with Crippen molar-refractivity contribution in [2.45, 2.75) is 52.2 Å². The number of nitrogens with zero attached hydrogens (tertiary/aromatic N) is 4. The molecule has 0 aliphatic carbocycles. The zero-order valence-corrected chi connectivity index (χ0v) is 14.4. The van der Waals surface area contributed by atoms with Gasteiger partial charge in [0.15, 0.2) is 5.76 Å². The monoisotopic (exact) mass is 330 g/mol. The Hall–Kier alpha value is -2.44. The third-order valence-corrected chi connectivity index (χ3v) is 3.86. The van der Waals surface area contributed by atoms with Crippen LogP contribution in [0.1, 0.15) is 51.1 Å². The first kappa shape index (κ1) is 16.4. The van der Waals surface area contributed by atoms with Crippen molar-refractivity contribution in [3.63, 3.8) is 0 Å². The van der Waals surface area contributed by atoms with Gasteiger partial charge >= 0.3 is 6.09 Å². The number of carbonyl (C=O) groups excluding carboxylic acids is 1. The van der Waals surface area contributed by atoms with Crippen LogP contribution in [-0.4, -0.2) is 38.3 Å². The van der Waals surface area contributed by atoms with Gasteiger partial charge in [-0.3, -0.25) is 14.9 Å². The van der Waals surface area contributed by atoms with Crippen LogP contribution in [0.4, 0.5) is 4.79 Å². The topological polar surface area (TPSA) is 81.4 Å². The van der Waals surface area contributed by atoms with E-state index in [2.05, 4.69) is 15.1 Å². The average molecular weight is 330 g/mol. The lowest BCUT2D eigenvalue weighted by molar-refractivity contribution is 0.0204. The second kappa shape index (κ2) is 6.22. The van der Waals surface area contributed by atoms with Gasteiger partial charge in [0.25, 0.3) is 0 Å². The van der Waals surface area contributed by atoms with Gasteiger partial charge in [0, 0.05) is 25.0 Å². The molecule has 1 fully saturated rings. The molecule has 0 N–H and O–H groups in total. The van der Waals surface area contributed by atoms with E-state index in [1.165, 1.54) is 0 Å². The molecule has 7 nitrogen and oxygen atoms in total. The fourth-order valence-electron chi connectivity index (χ4n) is 2.82. The molecule has 0 radical (unpaired) electrons. The fraction of sp³-hybridized carbons (Fsp3) is 0.529. The number of carbonyl (C=O) groups is 1. The number of likely N-dealkylation sites (tertiary alicyclic amines) is 1. The van der Waals surface area contributed by atoms with Crippen LogP contribution in [0.3, 0.4) is 0 Å². The minimum atomic E-state index is -0.520. The summed E-state index contributed by atoms with van der Waals surface area (Å²) in [6, 6.07) is 1.68. The number of amides is 1. The molecule has 1 aliphatic heterocycles. The largest absolute Gasteiger partial charge is 0.444 e. The summed E-state index contributed by atoms with van der Waals surface area (Å²) in [6.45, 7) is 8.11. The van der Waals surface area contributed by atoms with E-state index in [4.69, 9.17) is 9.26 Å². The molecule has 128 valence electrons. The van der Waals surface area contributed by atoms with Crippen LogP contribution in [0.15, 0.2) is 23.0 Å². The molecule has 1 unspecified atom stereocenters. The van der Waals surface area contributed by atoms with E-state index in [0.717, 1.165) is 18.5 Å². The molecule has 1 atom stereocenters. The minimum absolute atomic E-state index is 0.155. The van der Waals surface area contributed by atoms with Crippen LogP contribution in [0.2, 0.25) is 0 Å². The zero-order valence-electron chi connectivity index (χ0n) is 14.4. The summed E-state index contributed by atoms with van der Waals surface area (Å²) in [5, 5.41) is 4.10. The molecule has 2 aromatic rings. The molecule has 3 heterocycles. The average Bonchev–Trinajstić information content (AvgIpc) is 3.14. The third kappa shape index (κ3) is 3.39. The Kier molecular flexibility index (Phi) is 4.26. The summed E-state index contributed by atoms with van der Waals surface area (Å²) in [6.07, 6.45) is 4.68. The first-order chi connectivity index (χ1) is 11.3. The van der Waals surface area contributed by atoms with Gasteiger partial charge in [-0.15, -0.1) is 0 Å². The second-order valence-electron chi connectivity index (χ2n) is 6.94. The summed E-state index contributed by atoms with van der Waals surface area (Å²) in [7, 11) is 0. The summed E-state index contributed by atoms with van der Waals surface area (Å²) in [4.78, 5) is 22.6. The minimum Gasteiger partial charge on any atom is -0.444 e. The third-order valence-electron chi connectivity index (χ3n) is 3.86. The van der Waals surface area contributed by atoms with Crippen LogP contribution in [0, 0.1) is 6.92 Å². The van der Waals surface area contributed by atoms with E-state index in [9.17, 15) is 4.79 Å². The van der Waals surface area contributed by atoms with Crippen LogP contribution < -0.4 is 0 Å². The normalized spacial score (nSPS) is 18.0. The molecule has 1 aliphatic rings. The van der Waals surface area contributed by atoms with E-state index in [1.807, 2.05) is 33.8 Å². The highest BCUT2D eigenvalue weighted by molar-refractivity contribution is 5.69. The molecule has 3 rings (SSSR count). The Balaban J connectivity index is 1.81. The van der Waals surface area contributed by atoms with E-state index < -0.39 is 5.60 Å². The summed E-state index contributed by atoms with van der Waals surface area (Å²) in [5.41, 5.74) is 1.59. The quantitative estimate of drug-likeness (QED) is 0.838. The number of rotatable bonds is 2. The molecule has 0 aromatic carbocycles. The molecule has 24 heavy (non-hydrogen) atoms. The molecule has 2 aromatic heterocycles. The number of aromatic nitrogens is 3. The SMILES string of the molecule is Cc1nccnc1-c1cc(C2CCCN2C(=O)OC(C)(C)C)on1. The lowest BCUT2D eigenvalue weighted by Gasteiger charge is -2.27. The Morgan fingerprint density at radius 2 is 2.08 bits per heavy atom. The lowest BCUT2D eigenvalue weighted by Crippen LogP contribution is -2.36. The molecular formula is C17H22N4O3. The van der Waals surface area contributed by atoms with Gasteiger partial charge in [-0.1, -0.05) is 5.16 Å². The van der Waals surface area contributed by atoms with E-state index in [-0.39, 0.29) is 12.1 Å². The van der Waals surface area contributed by atoms with Gasteiger partial charge in [0.2, 0.25) is 0 Å². The smallest absolute Gasteiger partial charge is 0.410 e. The van der Waals surface area contributed by atoms with Crippen LogP contribution in [-0.2, 0) is 4.74 Å². The number of hydrogen-bond donors (Lipinski definition) is 0. The Morgan fingerprint density at radius 3 is 2.79 bits per heavy atom. The summed E-state index contributed by atoms with van der Waals surface area (Å²) < 4.78 is 11.0. The van der Waals surface area contributed by atoms with Crippen LogP contribution in [0.25, 0.3) is 11.4 Å². The van der Waals surface area contributed by atoms with Crippen molar-refractivity contribution in [1.82, 2.24) is 20.0 Å². The van der Waals surface area contributed by atoms with Crippen molar-refractivity contribution in [3.05, 3.63) is 29.9 Å². The standard InChI is InChI=1S/C17H22N4O3/c1-11-15(19-8-7-18-11)12-10-14(24-20-12)13-6-5-9-21(13)16(22)23-17(2,3)4/h7-8,10,13H,5-6,9H2,1-4H3. The maximum absolute atomic E-state index is 12.4. The highest BCUT2D eigenvalue weighted by Crippen LogP contribution is 2.34. The number of hydrogen-bond acceptors (Lipinski definition) is 6. The number of ether oxygens (including phenoxy) is 1. The van der Waals surface area contributed by atoms with Crippen molar-refractivity contribution in [3.8, 4) is 11.4 Å². The van der Waals surface area contributed by atoms with Crippen molar-refractivity contribution in [2.75, 3.05) is 6.54 Å². The van der Waals surface area contributed by atoms with E-state index in [1.54, 1.807) is 17.3 Å². The van der Waals surface area contributed by atoms with Gasteiger partial charge in [-0.2, -0.15) is 0 Å². The van der Waals surface area contributed by atoms with Gasteiger partial charge in [0.05, 0.1) is 11.7 Å². The van der Waals surface area contributed by atoms with Crippen molar-refractivity contribution in [2.24, 2.45) is 0 Å². The molecule has 0 spiro atoms. The van der Waals surface area contributed by atoms with E-state index in [0.29, 0.717) is 23.7 Å². The van der Waals surface area contributed by atoms with Crippen molar-refractivity contribution >= 4 is 6.09 Å². The van der Waals surface area contributed by atoms with Crippen molar-refractivity contribution < 1.29 is 14.1 Å². The Morgan fingerprint density at radius 1 is 1.33 bits per heavy atom. The predicted octanol–water partition coefficient (Wildman–Crippen LogP) is 3.51. The summed E-state index contributed by atoms with van der Waals surface area (Å²) >= 11 is 0. The highest BCUT2D eigenvalue weighted by atomic mass is 16.6. The molecule has 1 amide bonds. The van der Waals surface area contributed by atoms with Crippen molar-refractivity contribution in [1.29, 1.82) is 0 Å². The Bertz CT molecular complexity index is 735. The second-order valence-corrected chi connectivity index (χ2v) is 6.94.